The number of hydrogen-bond donors (Lipinski definition) is 0. The van der Waals surface area contributed by atoms with E-state index >= 15 is 0 Å². The number of allylic oxidation sites excluding steroid dienone is 1. The first-order chi connectivity index (χ1) is 4.39. The fourth-order valence-electron chi connectivity index (χ4n) is 0.959. The summed E-state index contributed by atoms with van der Waals surface area (Å²) in [5.74, 6) is 0.724. The molecule has 1 unspecified atom stereocenters. The summed E-state index contributed by atoms with van der Waals surface area (Å²) < 4.78 is 0. The molecule has 1 nitrogen and oxygen atoms in total. The van der Waals surface area contributed by atoms with E-state index in [9.17, 15) is 0 Å². The lowest BCUT2D eigenvalue weighted by molar-refractivity contribution is 0.617. The molecule has 1 aliphatic rings. The van der Waals surface area contributed by atoms with Crippen LogP contribution in [-0.2, 0) is 0 Å². The Morgan fingerprint density at radius 3 is 3.33 bits per heavy atom. The van der Waals surface area contributed by atoms with Crippen molar-refractivity contribution in [3.63, 3.8) is 0 Å². The normalized spacial score (nSPS) is 27.4. The monoisotopic (exact) mass is 123 g/mol. The first-order valence-corrected chi connectivity index (χ1v) is 3.58. The zero-order valence-electron chi connectivity index (χ0n) is 5.88. The topological polar surface area (TPSA) is 12.4 Å². The Balaban J connectivity index is 2.44. The van der Waals surface area contributed by atoms with Crippen LogP contribution < -0.4 is 0 Å². The van der Waals surface area contributed by atoms with E-state index in [2.05, 4.69) is 18.0 Å². The first-order valence-electron chi connectivity index (χ1n) is 3.58. The third-order valence-corrected chi connectivity index (χ3v) is 1.60. The number of aliphatic imine (C=N–C) groups is 1. The summed E-state index contributed by atoms with van der Waals surface area (Å²) in [5, 5.41) is 0. The zero-order valence-corrected chi connectivity index (χ0v) is 5.88. The van der Waals surface area contributed by atoms with E-state index < -0.39 is 0 Å². The van der Waals surface area contributed by atoms with E-state index in [1.54, 1.807) is 0 Å². The smallest absolute Gasteiger partial charge is 0.0226 e. The van der Waals surface area contributed by atoms with E-state index in [-0.39, 0.29) is 0 Å². The third kappa shape index (κ3) is 2.45. The van der Waals surface area contributed by atoms with Gasteiger partial charge in [-0.3, -0.25) is 4.99 Å². The van der Waals surface area contributed by atoms with Crippen LogP contribution in [0.25, 0.3) is 0 Å². The molecule has 0 radical (unpaired) electrons. The van der Waals surface area contributed by atoms with Gasteiger partial charge in [-0.15, -0.1) is 0 Å². The summed E-state index contributed by atoms with van der Waals surface area (Å²) in [5.41, 5.74) is 0. The van der Waals surface area contributed by atoms with Crippen LogP contribution in [0, 0.1) is 5.92 Å². The predicted octanol–water partition coefficient (Wildman–Crippen LogP) is 2.39. The molecule has 0 aromatic carbocycles. The van der Waals surface area contributed by atoms with Crippen LogP contribution in [-0.4, -0.2) is 6.21 Å². The van der Waals surface area contributed by atoms with Crippen LogP contribution in [0.4, 0.5) is 0 Å². The molecule has 0 amide bonds. The SMILES string of the molecule is CC1C=CN=CCCC1. The van der Waals surface area contributed by atoms with Crippen molar-refractivity contribution in [2.45, 2.75) is 26.2 Å². The highest BCUT2D eigenvalue weighted by Gasteiger charge is 1.96. The molecule has 0 aromatic heterocycles. The molecule has 50 valence electrons. The molecule has 1 heteroatoms. The van der Waals surface area contributed by atoms with Crippen molar-refractivity contribution in [2.24, 2.45) is 10.9 Å². The molecule has 0 spiro atoms. The molecular formula is C8H13N. The minimum absolute atomic E-state index is 0.724. The molecule has 0 bridgehead atoms. The standard InChI is InChI=1S/C8H13N/c1-8-4-2-3-6-9-7-5-8/h5-8H,2-4H2,1H3. The van der Waals surface area contributed by atoms with Gasteiger partial charge in [0.05, 0.1) is 0 Å². The Morgan fingerprint density at radius 1 is 1.56 bits per heavy atom. The molecular weight excluding hydrogens is 110 g/mol. The van der Waals surface area contributed by atoms with Crippen LogP contribution in [0.2, 0.25) is 0 Å². The minimum Gasteiger partial charge on any atom is -0.269 e. The maximum atomic E-state index is 4.08. The lowest BCUT2D eigenvalue weighted by Crippen LogP contribution is -1.91. The molecule has 0 aromatic rings. The molecule has 0 saturated heterocycles. The van der Waals surface area contributed by atoms with Crippen molar-refractivity contribution in [3.05, 3.63) is 12.3 Å². The summed E-state index contributed by atoms with van der Waals surface area (Å²) in [6.07, 6.45) is 9.80. The van der Waals surface area contributed by atoms with Crippen molar-refractivity contribution >= 4 is 6.21 Å². The fraction of sp³-hybridized carbons (Fsp3) is 0.625. The maximum absolute atomic E-state index is 4.08. The van der Waals surface area contributed by atoms with Crippen LogP contribution >= 0.6 is 0 Å². The average molecular weight is 123 g/mol. The molecule has 1 aliphatic heterocycles. The van der Waals surface area contributed by atoms with Gasteiger partial charge in [-0.1, -0.05) is 13.0 Å². The molecule has 1 rings (SSSR count). The highest BCUT2D eigenvalue weighted by Crippen LogP contribution is 2.09. The van der Waals surface area contributed by atoms with Crippen molar-refractivity contribution in [1.82, 2.24) is 0 Å². The van der Waals surface area contributed by atoms with Crippen molar-refractivity contribution in [1.29, 1.82) is 0 Å². The van der Waals surface area contributed by atoms with Crippen LogP contribution in [0.1, 0.15) is 26.2 Å². The highest BCUT2D eigenvalue weighted by molar-refractivity contribution is 5.58. The van der Waals surface area contributed by atoms with E-state index in [4.69, 9.17) is 0 Å². The first kappa shape index (κ1) is 6.53. The van der Waals surface area contributed by atoms with Gasteiger partial charge in [-0.25, -0.2) is 0 Å². The molecule has 9 heavy (non-hydrogen) atoms. The second kappa shape index (κ2) is 3.44. The maximum Gasteiger partial charge on any atom is 0.0226 e. The third-order valence-electron chi connectivity index (χ3n) is 1.60. The molecule has 1 atom stereocenters. The Morgan fingerprint density at radius 2 is 2.44 bits per heavy atom. The van der Waals surface area contributed by atoms with E-state index in [0.717, 1.165) is 12.3 Å². The van der Waals surface area contributed by atoms with Gasteiger partial charge in [0, 0.05) is 12.4 Å². The second-order valence-electron chi connectivity index (χ2n) is 2.58. The molecule has 0 N–H and O–H groups in total. The lowest BCUT2D eigenvalue weighted by atomic mass is 10.0. The largest absolute Gasteiger partial charge is 0.269 e. The minimum atomic E-state index is 0.724. The van der Waals surface area contributed by atoms with Gasteiger partial charge in [0.25, 0.3) is 0 Å². The van der Waals surface area contributed by atoms with Crippen molar-refractivity contribution in [2.75, 3.05) is 0 Å². The van der Waals surface area contributed by atoms with Gasteiger partial charge in [-0.05, 0) is 25.2 Å². The Labute approximate surface area is 56.5 Å². The van der Waals surface area contributed by atoms with Crippen LogP contribution in [0.3, 0.4) is 0 Å². The van der Waals surface area contributed by atoms with Gasteiger partial charge in [0.2, 0.25) is 0 Å². The summed E-state index contributed by atoms with van der Waals surface area (Å²) in [6, 6.07) is 0. The number of rotatable bonds is 0. The Hall–Kier alpha value is -0.590. The van der Waals surface area contributed by atoms with E-state index in [0.29, 0.717) is 0 Å². The average Bonchev–Trinajstić information content (AvgIpc) is 1.79. The highest BCUT2D eigenvalue weighted by atomic mass is 14.7. The summed E-state index contributed by atoms with van der Waals surface area (Å²) >= 11 is 0. The number of hydrogen-bond acceptors (Lipinski definition) is 1. The molecule has 0 fully saturated rings. The molecule has 1 heterocycles. The Bertz CT molecular complexity index is 125. The quantitative estimate of drug-likeness (QED) is 0.469. The molecule has 0 aliphatic carbocycles. The Kier molecular flexibility index (Phi) is 2.49. The lowest BCUT2D eigenvalue weighted by Gasteiger charge is -2.04. The zero-order chi connectivity index (χ0) is 6.53. The summed E-state index contributed by atoms with van der Waals surface area (Å²) in [7, 11) is 0. The van der Waals surface area contributed by atoms with Gasteiger partial charge in [0.1, 0.15) is 0 Å². The van der Waals surface area contributed by atoms with Crippen LogP contribution in [0.5, 0.6) is 0 Å². The second-order valence-corrected chi connectivity index (χ2v) is 2.58. The van der Waals surface area contributed by atoms with Gasteiger partial charge < -0.3 is 0 Å². The summed E-state index contributed by atoms with van der Waals surface area (Å²) in [4.78, 5) is 4.08. The van der Waals surface area contributed by atoms with E-state index in [1.807, 2.05) is 12.4 Å². The molecule has 0 saturated carbocycles. The van der Waals surface area contributed by atoms with Gasteiger partial charge in [0.15, 0.2) is 0 Å². The summed E-state index contributed by atoms with van der Waals surface area (Å²) in [6.45, 7) is 2.23. The van der Waals surface area contributed by atoms with Crippen molar-refractivity contribution < 1.29 is 0 Å². The van der Waals surface area contributed by atoms with Crippen molar-refractivity contribution in [3.8, 4) is 0 Å². The van der Waals surface area contributed by atoms with Gasteiger partial charge in [-0.2, -0.15) is 0 Å². The fourth-order valence-corrected chi connectivity index (χ4v) is 0.959. The van der Waals surface area contributed by atoms with E-state index in [1.165, 1.54) is 12.8 Å². The number of nitrogens with zero attached hydrogens (tertiary/aromatic N) is 1. The van der Waals surface area contributed by atoms with Gasteiger partial charge >= 0.3 is 0 Å². The predicted molar refractivity (Wildman–Crippen MR) is 40.6 cm³/mol. The van der Waals surface area contributed by atoms with Crippen LogP contribution in [0.15, 0.2) is 17.3 Å².